The molecule has 0 spiro atoms. The summed E-state index contributed by atoms with van der Waals surface area (Å²) in [6.45, 7) is 2.27. The van der Waals surface area contributed by atoms with Crippen LogP contribution in [0.1, 0.15) is 41.7 Å². The van der Waals surface area contributed by atoms with Crippen molar-refractivity contribution in [2.24, 2.45) is 5.92 Å². The average Bonchev–Trinajstić information content (AvgIpc) is 3.13. The minimum atomic E-state index is -0.415. The number of carbonyl (C=O) groups excluding carboxylic acids is 3. The first kappa shape index (κ1) is 20.9. The maximum Gasteiger partial charge on any atom is 0.253 e. The molecule has 1 fully saturated rings. The quantitative estimate of drug-likeness (QED) is 0.797. The van der Waals surface area contributed by atoms with Gasteiger partial charge in [-0.1, -0.05) is 6.42 Å². The van der Waals surface area contributed by atoms with Crippen molar-refractivity contribution >= 4 is 34.2 Å². The second-order valence-electron chi connectivity index (χ2n) is 7.30. The van der Waals surface area contributed by atoms with E-state index in [1.165, 1.54) is 17.5 Å². The number of pyridine rings is 1. The molecule has 3 rings (SSSR count). The molecular weight excluding hydrogens is 390 g/mol. The summed E-state index contributed by atoms with van der Waals surface area (Å²) >= 11 is 1.37. The molecule has 3 heterocycles. The number of thiazole rings is 1. The van der Waals surface area contributed by atoms with Crippen LogP contribution in [0.25, 0.3) is 0 Å². The zero-order chi connectivity index (χ0) is 20.8. The molecule has 0 unspecified atom stereocenters. The van der Waals surface area contributed by atoms with E-state index < -0.39 is 5.92 Å². The summed E-state index contributed by atoms with van der Waals surface area (Å²) in [5.41, 5.74) is 1.33. The number of aryl methyl sites for hydroxylation is 1. The van der Waals surface area contributed by atoms with Crippen LogP contribution in [0, 0.1) is 12.8 Å². The summed E-state index contributed by atoms with van der Waals surface area (Å²) in [5.74, 6) is -0.916. The van der Waals surface area contributed by atoms with Crippen LogP contribution in [-0.4, -0.2) is 52.2 Å². The predicted octanol–water partition coefficient (Wildman–Crippen LogP) is 2.23. The Morgan fingerprint density at radius 1 is 1.31 bits per heavy atom. The van der Waals surface area contributed by atoms with Gasteiger partial charge in [0.05, 0.1) is 11.3 Å². The van der Waals surface area contributed by atoms with Gasteiger partial charge in [-0.15, -0.1) is 11.3 Å². The molecule has 0 aliphatic carbocycles. The highest BCUT2D eigenvalue weighted by atomic mass is 32.1. The van der Waals surface area contributed by atoms with E-state index >= 15 is 0 Å². The van der Waals surface area contributed by atoms with Crippen LogP contribution >= 0.6 is 11.3 Å². The molecule has 2 atom stereocenters. The van der Waals surface area contributed by atoms with Crippen molar-refractivity contribution in [3.8, 4) is 0 Å². The maximum atomic E-state index is 12.7. The fourth-order valence-electron chi connectivity index (χ4n) is 3.33. The molecule has 3 amide bonds. The Labute approximate surface area is 173 Å². The normalized spacial score (nSPS) is 20.3. The van der Waals surface area contributed by atoms with Crippen molar-refractivity contribution in [3.05, 3.63) is 41.2 Å². The van der Waals surface area contributed by atoms with Gasteiger partial charge in [-0.25, -0.2) is 4.98 Å². The zero-order valence-electron chi connectivity index (χ0n) is 16.6. The van der Waals surface area contributed by atoms with E-state index in [0.717, 1.165) is 12.1 Å². The number of aromatic nitrogens is 2. The Morgan fingerprint density at radius 2 is 2.14 bits per heavy atom. The molecule has 2 N–H and O–H groups in total. The van der Waals surface area contributed by atoms with Gasteiger partial charge in [0.1, 0.15) is 0 Å². The second kappa shape index (κ2) is 9.60. The summed E-state index contributed by atoms with van der Waals surface area (Å²) in [7, 11) is 1.70. The number of carbonyl (C=O) groups is 3. The van der Waals surface area contributed by atoms with Crippen LogP contribution in [0.15, 0.2) is 29.9 Å². The third kappa shape index (κ3) is 5.83. The molecular formula is C20H25N5O3S. The molecule has 0 bridgehead atoms. The lowest BCUT2D eigenvalue weighted by Gasteiger charge is -2.24. The lowest BCUT2D eigenvalue weighted by Crippen LogP contribution is -2.44. The van der Waals surface area contributed by atoms with E-state index in [9.17, 15) is 14.4 Å². The number of anilines is 1. The minimum Gasteiger partial charge on any atom is -0.347 e. The van der Waals surface area contributed by atoms with Crippen LogP contribution in [0.3, 0.4) is 0 Å². The van der Waals surface area contributed by atoms with Gasteiger partial charge in [-0.2, -0.15) is 0 Å². The summed E-state index contributed by atoms with van der Waals surface area (Å²) in [5, 5.41) is 8.23. The summed E-state index contributed by atoms with van der Waals surface area (Å²) < 4.78 is 0. The summed E-state index contributed by atoms with van der Waals surface area (Å²) in [4.78, 5) is 47.5. The first-order valence-corrected chi connectivity index (χ1v) is 10.5. The summed E-state index contributed by atoms with van der Waals surface area (Å²) in [6.07, 6.45) is 5.27. The molecule has 2 aromatic rings. The highest BCUT2D eigenvalue weighted by Crippen LogP contribution is 2.22. The molecule has 29 heavy (non-hydrogen) atoms. The van der Waals surface area contributed by atoms with Crippen molar-refractivity contribution in [2.75, 3.05) is 18.9 Å². The van der Waals surface area contributed by atoms with Crippen LogP contribution in [0.5, 0.6) is 0 Å². The van der Waals surface area contributed by atoms with E-state index in [4.69, 9.17) is 0 Å². The third-order valence-corrected chi connectivity index (χ3v) is 5.80. The Morgan fingerprint density at radius 3 is 2.83 bits per heavy atom. The maximum absolute atomic E-state index is 12.7. The number of hydrogen-bond acceptors (Lipinski definition) is 6. The molecule has 1 saturated heterocycles. The van der Waals surface area contributed by atoms with Crippen LogP contribution in [0.2, 0.25) is 0 Å². The lowest BCUT2D eigenvalue weighted by atomic mass is 9.96. The SMILES string of the molecule is Cc1csc(NC(=O)[C@@H]2CCC[C@@H](NC(=O)c3cccnc3)CN(C)C(=O)C2)n1. The number of hydrogen-bond donors (Lipinski definition) is 2. The molecule has 1 aliphatic heterocycles. The van der Waals surface area contributed by atoms with Gasteiger partial charge in [0.25, 0.3) is 5.91 Å². The Kier molecular flexibility index (Phi) is 6.92. The van der Waals surface area contributed by atoms with E-state index in [2.05, 4.69) is 20.6 Å². The second-order valence-corrected chi connectivity index (χ2v) is 8.16. The molecule has 2 aromatic heterocycles. The van der Waals surface area contributed by atoms with Crippen LogP contribution < -0.4 is 10.6 Å². The van der Waals surface area contributed by atoms with Crippen molar-refractivity contribution in [3.63, 3.8) is 0 Å². The van der Waals surface area contributed by atoms with Gasteiger partial charge < -0.3 is 15.5 Å². The highest BCUT2D eigenvalue weighted by molar-refractivity contribution is 7.13. The molecule has 9 heteroatoms. The smallest absolute Gasteiger partial charge is 0.253 e. The third-order valence-electron chi connectivity index (χ3n) is 4.93. The highest BCUT2D eigenvalue weighted by Gasteiger charge is 2.28. The molecule has 1 aliphatic rings. The summed E-state index contributed by atoms with van der Waals surface area (Å²) in [6, 6.07) is 3.23. The van der Waals surface area contributed by atoms with Crippen LogP contribution in [0.4, 0.5) is 5.13 Å². The number of nitrogens with one attached hydrogen (secondary N) is 2. The first-order chi connectivity index (χ1) is 13.9. The molecule has 154 valence electrons. The van der Waals surface area contributed by atoms with Gasteiger partial charge in [-0.05, 0) is 31.9 Å². The Bertz CT molecular complexity index is 870. The predicted molar refractivity (Wildman–Crippen MR) is 111 cm³/mol. The van der Waals surface area contributed by atoms with Gasteiger partial charge in [0.2, 0.25) is 11.8 Å². The number of rotatable bonds is 4. The van der Waals surface area contributed by atoms with Gasteiger partial charge in [0.15, 0.2) is 5.13 Å². The molecule has 0 radical (unpaired) electrons. The van der Waals surface area contributed by atoms with E-state index in [1.54, 1.807) is 30.3 Å². The van der Waals surface area contributed by atoms with Crippen molar-refractivity contribution < 1.29 is 14.4 Å². The standard InChI is InChI=1S/C20H25N5O3S/c1-13-12-29-20(22-13)24-18(27)14-5-3-7-16(11-25(2)17(26)9-14)23-19(28)15-6-4-8-21-10-15/h4,6,8,10,12,14,16H,3,5,7,9,11H2,1-2H3,(H,23,28)(H,22,24,27)/t14-,16-/m1/s1. The average molecular weight is 416 g/mol. The van der Waals surface area contributed by atoms with E-state index in [-0.39, 0.29) is 30.2 Å². The minimum absolute atomic E-state index is 0.108. The first-order valence-electron chi connectivity index (χ1n) is 9.60. The van der Waals surface area contributed by atoms with Gasteiger partial charge in [-0.3, -0.25) is 19.4 Å². The number of nitrogens with zero attached hydrogens (tertiary/aromatic N) is 3. The molecule has 8 nitrogen and oxygen atoms in total. The fourth-order valence-corrected chi connectivity index (χ4v) is 4.02. The Balaban J connectivity index is 1.62. The van der Waals surface area contributed by atoms with Gasteiger partial charge in [0, 0.05) is 49.7 Å². The largest absolute Gasteiger partial charge is 0.347 e. The Hall–Kier alpha value is -2.81. The van der Waals surface area contributed by atoms with Crippen molar-refractivity contribution in [1.29, 1.82) is 0 Å². The number of amides is 3. The van der Waals surface area contributed by atoms with Crippen LogP contribution in [-0.2, 0) is 9.59 Å². The van der Waals surface area contributed by atoms with Crippen molar-refractivity contribution in [2.45, 2.75) is 38.6 Å². The lowest BCUT2D eigenvalue weighted by molar-refractivity contribution is -0.134. The monoisotopic (exact) mass is 415 g/mol. The van der Waals surface area contributed by atoms with Gasteiger partial charge >= 0.3 is 0 Å². The topological polar surface area (TPSA) is 104 Å². The zero-order valence-corrected chi connectivity index (χ0v) is 17.4. The number of likely N-dealkylation sites (N-methyl/N-ethyl adjacent to an activating group) is 1. The molecule has 0 saturated carbocycles. The fraction of sp³-hybridized carbons (Fsp3) is 0.450. The van der Waals surface area contributed by atoms with E-state index in [0.29, 0.717) is 30.1 Å². The van der Waals surface area contributed by atoms with E-state index in [1.807, 2.05) is 12.3 Å². The molecule has 0 aromatic carbocycles. The van der Waals surface area contributed by atoms with Crippen molar-refractivity contribution in [1.82, 2.24) is 20.2 Å².